The average Bonchev–Trinajstić information content (AvgIpc) is 2.52. The molecule has 0 saturated heterocycles. The highest BCUT2D eigenvalue weighted by molar-refractivity contribution is 5.99. The molecule has 1 amide bonds. The van der Waals surface area contributed by atoms with E-state index >= 15 is 0 Å². The lowest BCUT2D eigenvalue weighted by Gasteiger charge is -2.32. The van der Waals surface area contributed by atoms with Crippen molar-refractivity contribution in [3.63, 3.8) is 0 Å². The molecule has 0 aromatic heterocycles. The fourth-order valence-electron chi connectivity index (χ4n) is 2.36. The molecular weight excluding hydrogens is 282 g/mol. The molecule has 0 saturated carbocycles. The number of carbonyl (C=O) groups is 2. The first-order valence-corrected chi connectivity index (χ1v) is 7.39. The summed E-state index contributed by atoms with van der Waals surface area (Å²) in [6.07, 6.45) is 0.440. The van der Waals surface area contributed by atoms with Crippen molar-refractivity contribution in [1.82, 2.24) is 4.90 Å². The molecule has 0 aliphatic rings. The number of hydrogen-bond acceptors (Lipinski definition) is 3. The lowest BCUT2D eigenvalue weighted by atomic mass is 10.0. The number of carboxylic acid groups (broad SMARTS) is 1. The maximum Gasteiger partial charge on any atom is 0.328 e. The van der Waals surface area contributed by atoms with Gasteiger partial charge in [0.2, 0.25) is 5.91 Å². The lowest BCUT2D eigenvalue weighted by Crippen LogP contribution is -2.42. The van der Waals surface area contributed by atoms with E-state index in [1.807, 2.05) is 18.2 Å². The first kappa shape index (κ1) is 17.9. The van der Waals surface area contributed by atoms with Gasteiger partial charge in [-0.1, -0.05) is 37.3 Å². The van der Waals surface area contributed by atoms with Crippen LogP contribution < -0.4 is 0 Å². The molecule has 0 aliphatic carbocycles. The zero-order chi connectivity index (χ0) is 16.7. The van der Waals surface area contributed by atoms with E-state index in [2.05, 4.69) is 0 Å². The van der Waals surface area contributed by atoms with Crippen LogP contribution in [0, 0.1) is 0 Å². The minimum Gasteiger partial charge on any atom is -0.478 e. The molecule has 22 heavy (non-hydrogen) atoms. The highest BCUT2D eigenvalue weighted by Crippen LogP contribution is 2.22. The van der Waals surface area contributed by atoms with Crippen LogP contribution in [0.1, 0.15) is 38.9 Å². The van der Waals surface area contributed by atoms with Gasteiger partial charge in [-0.15, -0.1) is 0 Å². The summed E-state index contributed by atoms with van der Waals surface area (Å²) in [6.45, 7) is 5.69. The van der Waals surface area contributed by atoms with Crippen molar-refractivity contribution in [2.45, 2.75) is 39.3 Å². The standard InChI is InChI=1S/C17H23NO4/c1-4-13(11-15(19)20)17(22)18(5-2)12(3)16(21)14-9-7-6-8-10-14/h6-12,16,21H,4-5H2,1-3H3,(H,19,20). The molecule has 1 aromatic carbocycles. The number of carboxylic acids is 1. The van der Waals surface area contributed by atoms with Gasteiger partial charge < -0.3 is 15.1 Å². The highest BCUT2D eigenvalue weighted by atomic mass is 16.4. The Bertz CT molecular complexity index is 539. The molecule has 0 radical (unpaired) electrons. The molecule has 5 heteroatoms. The summed E-state index contributed by atoms with van der Waals surface area (Å²) in [5.74, 6) is -1.49. The minimum absolute atomic E-state index is 0.224. The Morgan fingerprint density at radius 3 is 2.27 bits per heavy atom. The molecule has 0 bridgehead atoms. The van der Waals surface area contributed by atoms with Gasteiger partial charge in [-0.25, -0.2) is 4.79 Å². The van der Waals surface area contributed by atoms with Crippen molar-refractivity contribution < 1.29 is 19.8 Å². The van der Waals surface area contributed by atoms with Gasteiger partial charge in [-0.2, -0.15) is 0 Å². The van der Waals surface area contributed by atoms with Crippen LogP contribution in [0.2, 0.25) is 0 Å². The smallest absolute Gasteiger partial charge is 0.328 e. The number of aliphatic hydroxyl groups is 1. The third-order valence-electron chi connectivity index (χ3n) is 3.64. The molecule has 2 atom stereocenters. The maximum atomic E-state index is 12.5. The van der Waals surface area contributed by atoms with Gasteiger partial charge in [0.25, 0.3) is 0 Å². The SMILES string of the molecule is CCC(=CC(=O)O)C(=O)N(CC)C(C)C(O)c1ccccc1. The quantitative estimate of drug-likeness (QED) is 0.758. The largest absolute Gasteiger partial charge is 0.478 e. The van der Waals surface area contributed by atoms with E-state index in [0.29, 0.717) is 13.0 Å². The average molecular weight is 305 g/mol. The van der Waals surface area contributed by atoms with Crippen LogP contribution in [-0.2, 0) is 9.59 Å². The van der Waals surface area contributed by atoms with Gasteiger partial charge in [0.1, 0.15) is 0 Å². The van der Waals surface area contributed by atoms with Crippen LogP contribution in [0.25, 0.3) is 0 Å². The highest BCUT2D eigenvalue weighted by Gasteiger charge is 2.27. The molecule has 0 aliphatic heterocycles. The van der Waals surface area contributed by atoms with Crippen LogP contribution in [0.5, 0.6) is 0 Å². The number of likely N-dealkylation sites (N-methyl/N-ethyl adjacent to an activating group) is 1. The molecule has 0 spiro atoms. The molecular formula is C17H23NO4. The zero-order valence-electron chi connectivity index (χ0n) is 13.2. The first-order valence-electron chi connectivity index (χ1n) is 7.39. The van der Waals surface area contributed by atoms with Crippen LogP contribution in [0.15, 0.2) is 42.0 Å². The summed E-state index contributed by atoms with van der Waals surface area (Å²) in [5, 5.41) is 19.3. The summed E-state index contributed by atoms with van der Waals surface area (Å²) in [4.78, 5) is 24.8. The van der Waals surface area contributed by atoms with E-state index in [1.54, 1.807) is 32.9 Å². The fourth-order valence-corrected chi connectivity index (χ4v) is 2.36. The molecule has 5 nitrogen and oxygen atoms in total. The number of nitrogens with zero attached hydrogens (tertiary/aromatic N) is 1. The Morgan fingerprint density at radius 2 is 1.82 bits per heavy atom. The van der Waals surface area contributed by atoms with E-state index in [-0.39, 0.29) is 11.5 Å². The predicted octanol–water partition coefficient (Wildman–Crippen LogP) is 2.38. The fraction of sp³-hybridized carbons (Fsp3) is 0.412. The Kier molecular flexibility index (Phi) is 6.79. The van der Waals surface area contributed by atoms with Gasteiger partial charge >= 0.3 is 5.97 Å². The van der Waals surface area contributed by atoms with Crippen molar-refractivity contribution >= 4 is 11.9 Å². The van der Waals surface area contributed by atoms with Crippen LogP contribution in [0.4, 0.5) is 0 Å². The van der Waals surface area contributed by atoms with E-state index in [1.165, 1.54) is 4.90 Å². The van der Waals surface area contributed by atoms with Gasteiger partial charge in [0.05, 0.1) is 12.1 Å². The third-order valence-corrected chi connectivity index (χ3v) is 3.64. The summed E-state index contributed by atoms with van der Waals surface area (Å²) < 4.78 is 0. The number of aliphatic hydroxyl groups excluding tert-OH is 1. The van der Waals surface area contributed by atoms with Crippen molar-refractivity contribution in [2.24, 2.45) is 0 Å². The minimum atomic E-state index is -1.14. The van der Waals surface area contributed by atoms with Crippen molar-refractivity contribution in [2.75, 3.05) is 6.54 Å². The molecule has 0 fully saturated rings. The molecule has 0 heterocycles. The topological polar surface area (TPSA) is 77.8 Å². The van der Waals surface area contributed by atoms with Gasteiger partial charge in [-0.3, -0.25) is 4.79 Å². The maximum absolute atomic E-state index is 12.5. The normalized spacial score (nSPS) is 14.3. The Morgan fingerprint density at radius 1 is 1.23 bits per heavy atom. The van der Waals surface area contributed by atoms with Crippen molar-refractivity contribution in [1.29, 1.82) is 0 Å². The van der Waals surface area contributed by atoms with E-state index in [4.69, 9.17) is 5.11 Å². The van der Waals surface area contributed by atoms with Gasteiger partial charge in [0, 0.05) is 18.2 Å². The molecule has 2 unspecified atom stereocenters. The third kappa shape index (κ3) is 4.43. The summed E-state index contributed by atoms with van der Waals surface area (Å²) in [5.41, 5.74) is 0.947. The number of rotatable bonds is 7. The van der Waals surface area contributed by atoms with Crippen LogP contribution in [0.3, 0.4) is 0 Å². The summed E-state index contributed by atoms with van der Waals surface area (Å²) >= 11 is 0. The Balaban J connectivity index is 2.99. The Labute approximate surface area is 130 Å². The van der Waals surface area contributed by atoms with Crippen molar-refractivity contribution in [3.05, 3.63) is 47.5 Å². The summed E-state index contributed by atoms with van der Waals surface area (Å²) in [7, 11) is 0. The molecule has 1 rings (SSSR count). The van der Waals surface area contributed by atoms with E-state index in [0.717, 1.165) is 11.6 Å². The zero-order valence-corrected chi connectivity index (χ0v) is 13.2. The second-order valence-electron chi connectivity index (χ2n) is 5.05. The number of aliphatic carboxylic acids is 1. The summed E-state index contributed by atoms with van der Waals surface area (Å²) in [6, 6.07) is 8.65. The molecule has 2 N–H and O–H groups in total. The second kappa shape index (κ2) is 8.34. The number of amides is 1. The van der Waals surface area contributed by atoms with Crippen LogP contribution in [-0.4, -0.2) is 39.6 Å². The first-order chi connectivity index (χ1) is 10.4. The van der Waals surface area contributed by atoms with Gasteiger partial charge in [-0.05, 0) is 25.8 Å². The molecule has 1 aromatic rings. The van der Waals surface area contributed by atoms with E-state index < -0.39 is 18.1 Å². The predicted molar refractivity (Wildman–Crippen MR) is 84.3 cm³/mol. The van der Waals surface area contributed by atoms with Crippen LogP contribution >= 0.6 is 0 Å². The molecule has 120 valence electrons. The Hall–Kier alpha value is -2.14. The number of carbonyl (C=O) groups excluding carboxylic acids is 1. The van der Waals surface area contributed by atoms with Crippen molar-refractivity contribution in [3.8, 4) is 0 Å². The number of hydrogen-bond donors (Lipinski definition) is 2. The van der Waals surface area contributed by atoms with E-state index in [9.17, 15) is 14.7 Å². The monoisotopic (exact) mass is 305 g/mol. The lowest BCUT2D eigenvalue weighted by molar-refractivity contribution is -0.134. The van der Waals surface area contributed by atoms with Gasteiger partial charge in [0.15, 0.2) is 0 Å². The number of benzene rings is 1. The second-order valence-corrected chi connectivity index (χ2v) is 5.05.